The molecule has 0 amide bonds. The summed E-state index contributed by atoms with van der Waals surface area (Å²) in [5.74, 6) is 0. The molecule has 1 rings (SSSR count). The summed E-state index contributed by atoms with van der Waals surface area (Å²) in [6, 6.07) is 7.99. The molecular weight excluding hydrogens is 250 g/mol. The largest absolute Gasteiger partial charge is 0.390 e. The maximum absolute atomic E-state index is 10.5. The Labute approximate surface area is 122 Å². The molecule has 0 radical (unpaired) electrons. The third kappa shape index (κ3) is 5.23. The van der Waals surface area contributed by atoms with Crippen molar-refractivity contribution < 1.29 is 10.2 Å². The summed E-state index contributed by atoms with van der Waals surface area (Å²) >= 11 is 0. The van der Waals surface area contributed by atoms with Crippen LogP contribution in [0.25, 0.3) is 0 Å². The van der Waals surface area contributed by atoms with Crippen LogP contribution in [-0.4, -0.2) is 22.4 Å². The highest BCUT2D eigenvalue weighted by Gasteiger charge is 2.23. The van der Waals surface area contributed by atoms with Gasteiger partial charge in [0.25, 0.3) is 0 Å². The van der Waals surface area contributed by atoms with Crippen molar-refractivity contribution in [2.45, 2.75) is 64.1 Å². The van der Waals surface area contributed by atoms with Crippen molar-refractivity contribution in [3.8, 4) is 0 Å². The van der Waals surface area contributed by atoms with Crippen molar-refractivity contribution in [2.75, 3.05) is 6.54 Å². The lowest BCUT2D eigenvalue weighted by Gasteiger charge is -2.26. The van der Waals surface area contributed by atoms with Crippen molar-refractivity contribution in [1.82, 2.24) is 0 Å². The first-order chi connectivity index (χ1) is 9.54. The Morgan fingerprint density at radius 2 is 2.00 bits per heavy atom. The Morgan fingerprint density at radius 3 is 2.60 bits per heavy atom. The zero-order valence-corrected chi connectivity index (χ0v) is 12.8. The van der Waals surface area contributed by atoms with E-state index in [4.69, 9.17) is 5.73 Å². The van der Waals surface area contributed by atoms with Crippen LogP contribution in [0, 0.1) is 0 Å². The third-order valence-corrected chi connectivity index (χ3v) is 4.03. The molecule has 0 spiro atoms. The first kappa shape index (κ1) is 17.2. The van der Waals surface area contributed by atoms with Gasteiger partial charge in [-0.05, 0) is 49.8 Å². The molecular formula is C17H29NO2. The van der Waals surface area contributed by atoms with Crippen LogP contribution in [0.1, 0.15) is 63.2 Å². The van der Waals surface area contributed by atoms with E-state index >= 15 is 0 Å². The summed E-state index contributed by atoms with van der Waals surface area (Å²) in [5, 5.41) is 20.5. The van der Waals surface area contributed by atoms with Gasteiger partial charge in [0, 0.05) is 0 Å². The molecule has 1 aromatic rings. The first-order valence-electron chi connectivity index (χ1n) is 7.74. The molecule has 2 unspecified atom stereocenters. The average Bonchev–Trinajstić information content (AvgIpc) is 2.46. The van der Waals surface area contributed by atoms with Gasteiger partial charge in [-0.15, -0.1) is 0 Å². The van der Waals surface area contributed by atoms with Gasteiger partial charge in [-0.3, -0.25) is 0 Å². The van der Waals surface area contributed by atoms with E-state index < -0.39 is 11.7 Å². The van der Waals surface area contributed by atoms with E-state index in [9.17, 15) is 10.2 Å². The van der Waals surface area contributed by atoms with Gasteiger partial charge >= 0.3 is 0 Å². The zero-order valence-electron chi connectivity index (χ0n) is 12.8. The first-order valence-corrected chi connectivity index (χ1v) is 7.74. The standard InChI is InChI=1S/C17H29NO2/c1-3-10-17(20,4-2)11-8-14-6-5-7-15(13-14)16(19)9-12-18/h5-7,13,16,19-20H,3-4,8-12,18H2,1-2H3. The molecule has 0 aliphatic rings. The summed E-state index contributed by atoms with van der Waals surface area (Å²) in [5.41, 5.74) is 7.01. The van der Waals surface area contributed by atoms with Gasteiger partial charge in [-0.1, -0.05) is 44.5 Å². The van der Waals surface area contributed by atoms with Gasteiger partial charge in [0.2, 0.25) is 0 Å². The topological polar surface area (TPSA) is 66.5 Å². The second-order valence-electron chi connectivity index (χ2n) is 5.67. The monoisotopic (exact) mass is 279 g/mol. The maximum Gasteiger partial charge on any atom is 0.0802 e. The molecule has 0 aliphatic carbocycles. The normalized spacial score (nSPS) is 15.8. The highest BCUT2D eigenvalue weighted by molar-refractivity contribution is 5.25. The summed E-state index contributed by atoms with van der Waals surface area (Å²) < 4.78 is 0. The molecule has 3 nitrogen and oxygen atoms in total. The number of nitrogens with two attached hydrogens (primary N) is 1. The van der Waals surface area contributed by atoms with Crippen LogP contribution in [0.3, 0.4) is 0 Å². The highest BCUT2D eigenvalue weighted by atomic mass is 16.3. The minimum absolute atomic E-state index is 0.484. The van der Waals surface area contributed by atoms with Crippen LogP contribution in [-0.2, 0) is 6.42 Å². The number of aryl methyl sites for hydroxylation is 1. The van der Waals surface area contributed by atoms with E-state index in [2.05, 4.69) is 13.0 Å². The van der Waals surface area contributed by atoms with Gasteiger partial charge in [-0.2, -0.15) is 0 Å². The summed E-state index contributed by atoms with van der Waals surface area (Å²) in [6.45, 7) is 4.62. The van der Waals surface area contributed by atoms with Crippen molar-refractivity contribution in [3.63, 3.8) is 0 Å². The van der Waals surface area contributed by atoms with Crippen LogP contribution in [0.15, 0.2) is 24.3 Å². The number of aliphatic hydroxyl groups is 2. The minimum atomic E-state index is -0.555. The highest BCUT2D eigenvalue weighted by Crippen LogP contribution is 2.25. The Bertz CT molecular complexity index is 394. The average molecular weight is 279 g/mol. The van der Waals surface area contributed by atoms with Gasteiger partial charge < -0.3 is 15.9 Å². The van der Waals surface area contributed by atoms with Crippen LogP contribution in [0.4, 0.5) is 0 Å². The van der Waals surface area contributed by atoms with E-state index in [0.717, 1.165) is 37.7 Å². The van der Waals surface area contributed by atoms with Gasteiger partial charge in [0.1, 0.15) is 0 Å². The number of aliphatic hydroxyl groups excluding tert-OH is 1. The van der Waals surface area contributed by atoms with E-state index in [1.54, 1.807) is 0 Å². The predicted octanol–water partition coefficient (Wildman–Crippen LogP) is 2.94. The van der Waals surface area contributed by atoms with Crippen LogP contribution in [0.2, 0.25) is 0 Å². The van der Waals surface area contributed by atoms with E-state index in [1.165, 1.54) is 5.56 Å². The molecule has 0 aliphatic heterocycles. The van der Waals surface area contributed by atoms with Gasteiger partial charge in [0.05, 0.1) is 11.7 Å². The third-order valence-electron chi connectivity index (χ3n) is 4.03. The van der Waals surface area contributed by atoms with Crippen LogP contribution in [0.5, 0.6) is 0 Å². The SMILES string of the molecule is CCCC(O)(CC)CCc1cccc(C(O)CCN)c1. The van der Waals surface area contributed by atoms with Crippen molar-refractivity contribution in [3.05, 3.63) is 35.4 Å². The number of benzene rings is 1. The van der Waals surface area contributed by atoms with Crippen LogP contribution < -0.4 is 5.73 Å². The van der Waals surface area contributed by atoms with Crippen molar-refractivity contribution in [1.29, 1.82) is 0 Å². The molecule has 114 valence electrons. The molecule has 0 saturated heterocycles. The summed E-state index contributed by atoms with van der Waals surface area (Å²) in [7, 11) is 0. The molecule has 3 heteroatoms. The van der Waals surface area contributed by atoms with Crippen LogP contribution >= 0.6 is 0 Å². The lowest BCUT2D eigenvalue weighted by Crippen LogP contribution is -2.28. The summed E-state index contributed by atoms with van der Waals surface area (Å²) in [4.78, 5) is 0. The molecule has 0 aromatic heterocycles. The molecule has 4 N–H and O–H groups in total. The Morgan fingerprint density at radius 1 is 1.25 bits per heavy atom. The molecule has 20 heavy (non-hydrogen) atoms. The van der Waals surface area contributed by atoms with Gasteiger partial charge in [0.15, 0.2) is 0 Å². The molecule has 0 saturated carbocycles. The quantitative estimate of drug-likeness (QED) is 0.651. The lowest BCUT2D eigenvalue weighted by atomic mass is 9.88. The lowest BCUT2D eigenvalue weighted by molar-refractivity contribution is 0.0185. The molecule has 0 bridgehead atoms. The predicted molar refractivity (Wildman–Crippen MR) is 83.5 cm³/mol. The number of hydrogen-bond acceptors (Lipinski definition) is 3. The van der Waals surface area contributed by atoms with E-state index in [0.29, 0.717) is 13.0 Å². The number of hydrogen-bond donors (Lipinski definition) is 3. The Kier molecular flexibility index (Phi) is 7.20. The van der Waals surface area contributed by atoms with E-state index in [1.807, 2.05) is 25.1 Å². The van der Waals surface area contributed by atoms with E-state index in [-0.39, 0.29) is 0 Å². The molecule has 2 atom stereocenters. The fraction of sp³-hybridized carbons (Fsp3) is 0.647. The van der Waals surface area contributed by atoms with Crippen molar-refractivity contribution >= 4 is 0 Å². The smallest absolute Gasteiger partial charge is 0.0802 e. The minimum Gasteiger partial charge on any atom is -0.390 e. The van der Waals surface area contributed by atoms with Crippen molar-refractivity contribution in [2.24, 2.45) is 5.73 Å². The Hall–Kier alpha value is -0.900. The second-order valence-corrected chi connectivity index (χ2v) is 5.67. The van der Waals surface area contributed by atoms with Gasteiger partial charge in [-0.25, -0.2) is 0 Å². The number of rotatable bonds is 9. The molecule has 1 aromatic carbocycles. The fourth-order valence-electron chi connectivity index (χ4n) is 2.60. The maximum atomic E-state index is 10.5. The fourth-order valence-corrected chi connectivity index (χ4v) is 2.60. The Balaban J connectivity index is 2.66. The summed E-state index contributed by atoms with van der Waals surface area (Å²) in [6.07, 6.45) is 4.34. The molecule has 0 fully saturated rings. The zero-order chi connectivity index (χ0) is 15.0. The second kappa shape index (κ2) is 8.40. The molecule has 0 heterocycles.